The minimum absolute atomic E-state index is 0.322. The van der Waals surface area contributed by atoms with Gasteiger partial charge in [0.1, 0.15) is 6.29 Å². The van der Waals surface area contributed by atoms with E-state index in [1.165, 1.54) is 5.57 Å². The second-order valence-corrected chi connectivity index (χ2v) is 4.06. The van der Waals surface area contributed by atoms with E-state index in [4.69, 9.17) is 0 Å². The van der Waals surface area contributed by atoms with Crippen LogP contribution in [0.5, 0.6) is 0 Å². The average molecular weight is 181 g/mol. The lowest BCUT2D eigenvalue weighted by Crippen LogP contribution is -2.34. The quantitative estimate of drug-likeness (QED) is 0.489. The Labute approximate surface area is 80.6 Å². The van der Waals surface area contributed by atoms with Crippen molar-refractivity contribution in [1.82, 2.24) is 4.90 Å². The van der Waals surface area contributed by atoms with Crippen LogP contribution in [0.25, 0.3) is 0 Å². The predicted octanol–water partition coefficient (Wildman–Crippen LogP) is 1.86. The lowest BCUT2D eigenvalue weighted by Gasteiger charge is -2.28. The molecule has 0 amide bonds. The molecule has 74 valence electrons. The standard InChI is InChI=1S/C11H19NO/c1-10(2)3-6-12-7-4-11(9-13)5-8-12/h3,9,11H,4-8H2,1-2H3. The summed E-state index contributed by atoms with van der Waals surface area (Å²) in [5.74, 6) is 0.322. The van der Waals surface area contributed by atoms with Gasteiger partial charge in [-0.3, -0.25) is 4.90 Å². The van der Waals surface area contributed by atoms with Crippen molar-refractivity contribution in [1.29, 1.82) is 0 Å². The molecule has 0 saturated carbocycles. The normalized spacial score (nSPS) is 19.8. The number of hydrogen-bond acceptors (Lipinski definition) is 2. The maximum Gasteiger partial charge on any atom is 0.123 e. The molecular formula is C11H19NO. The molecule has 0 atom stereocenters. The van der Waals surface area contributed by atoms with E-state index in [-0.39, 0.29) is 0 Å². The van der Waals surface area contributed by atoms with E-state index in [9.17, 15) is 4.79 Å². The van der Waals surface area contributed by atoms with Gasteiger partial charge < -0.3 is 4.79 Å². The topological polar surface area (TPSA) is 20.3 Å². The molecule has 0 N–H and O–H groups in total. The molecule has 2 nitrogen and oxygen atoms in total. The maximum atomic E-state index is 10.5. The summed E-state index contributed by atoms with van der Waals surface area (Å²) < 4.78 is 0. The van der Waals surface area contributed by atoms with Crippen LogP contribution >= 0.6 is 0 Å². The van der Waals surface area contributed by atoms with Crippen LogP contribution in [-0.4, -0.2) is 30.8 Å². The van der Waals surface area contributed by atoms with Gasteiger partial charge in [-0.2, -0.15) is 0 Å². The molecule has 1 rings (SSSR count). The van der Waals surface area contributed by atoms with Crippen LogP contribution in [0.2, 0.25) is 0 Å². The van der Waals surface area contributed by atoms with Gasteiger partial charge in [0, 0.05) is 12.5 Å². The zero-order chi connectivity index (χ0) is 9.68. The Kier molecular flexibility index (Phi) is 4.16. The van der Waals surface area contributed by atoms with Crippen molar-refractivity contribution in [2.45, 2.75) is 26.7 Å². The van der Waals surface area contributed by atoms with Crippen molar-refractivity contribution in [3.63, 3.8) is 0 Å². The zero-order valence-electron chi connectivity index (χ0n) is 8.62. The molecule has 0 aromatic rings. The Morgan fingerprint density at radius 3 is 2.46 bits per heavy atom. The van der Waals surface area contributed by atoms with E-state index in [1.54, 1.807) is 0 Å². The summed E-state index contributed by atoms with van der Waals surface area (Å²) in [7, 11) is 0. The summed E-state index contributed by atoms with van der Waals surface area (Å²) in [5, 5.41) is 0. The molecule has 0 aromatic heterocycles. The summed E-state index contributed by atoms with van der Waals surface area (Å²) in [6, 6.07) is 0. The minimum Gasteiger partial charge on any atom is -0.303 e. The first-order valence-electron chi connectivity index (χ1n) is 5.03. The molecule has 0 aliphatic carbocycles. The van der Waals surface area contributed by atoms with Crippen molar-refractivity contribution in [2.24, 2.45) is 5.92 Å². The van der Waals surface area contributed by atoms with Crippen molar-refractivity contribution in [3.8, 4) is 0 Å². The van der Waals surface area contributed by atoms with Crippen LogP contribution in [0.15, 0.2) is 11.6 Å². The van der Waals surface area contributed by atoms with Crippen molar-refractivity contribution in [3.05, 3.63) is 11.6 Å². The van der Waals surface area contributed by atoms with E-state index in [1.807, 2.05) is 0 Å². The smallest absolute Gasteiger partial charge is 0.123 e. The molecule has 1 fully saturated rings. The van der Waals surface area contributed by atoms with Gasteiger partial charge in [-0.25, -0.2) is 0 Å². The van der Waals surface area contributed by atoms with Crippen molar-refractivity contribution in [2.75, 3.05) is 19.6 Å². The van der Waals surface area contributed by atoms with Gasteiger partial charge in [0.2, 0.25) is 0 Å². The highest BCUT2D eigenvalue weighted by Gasteiger charge is 2.16. The third kappa shape index (κ3) is 3.73. The molecular weight excluding hydrogens is 162 g/mol. The highest BCUT2D eigenvalue weighted by molar-refractivity contribution is 5.53. The molecule has 1 saturated heterocycles. The van der Waals surface area contributed by atoms with E-state index in [2.05, 4.69) is 24.8 Å². The highest BCUT2D eigenvalue weighted by atomic mass is 16.1. The minimum atomic E-state index is 0.322. The SMILES string of the molecule is CC(C)=CCN1CCC(C=O)CC1. The molecule has 0 radical (unpaired) electrons. The number of nitrogens with zero attached hydrogens (tertiary/aromatic N) is 1. The van der Waals surface area contributed by atoms with E-state index in [0.717, 1.165) is 38.8 Å². The summed E-state index contributed by atoms with van der Waals surface area (Å²) in [6.45, 7) is 7.45. The molecule has 1 aliphatic heterocycles. The molecule has 0 unspecified atom stereocenters. The van der Waals surface area contributed by atoms with Gasteiger partial charge in [-0.05, 0) is 39.8 Å². The van der Waals surface area contributed by atoms with Gasteiger partial charge in [0.15, 0.2) is 0 Å². The van der Waals surface area contributed by atoms with Crippen LogP contribution in [0.1, 0.15) is 26.7 Å². The number of hydrogen-bond donors (Lipinski definition) is 0. The summed E-state index contributed by atoms with van der Waals surface area (Å²) in [5.41, 5.74) is 1.37. The first-order chi connectivity index (χ1) is 6.22. The summed E-state index contributed by atoms with van der Waals surface area (Å²) in [6.07, 6.45) is 5.44. The van der Waals surface area contributed by atoms with Crippen LogP contribution < -0.4 is 0 Å². The molecule has 1 aliphatic rings. The van der Waals surface area contributed by atoms with E-state index in [0.29, 0.717) is 5.92 Å². The lowest BCUT2D eigenvalue weighted by atomic mass is 9.99. The van der Waals surface area contributed by atoms with Crippen LogP contribution in [0, 0.1) is 5.92 Å². The monoisotopic (exact) mass is 181 g/mol. The van der Waals surface area contributed by atoms with Crippen molar-refractivity contribution < 1.29 is 4.79 Å². The van der Waals surface area contributed by atoms with E-state index < -0.39 is 0 Å². The number of piperidine rings is 1. The van der Waals surface area contributed by atoms with Gasteiger partial charge in [-0.1, -0.05) is 11.6 Å². The summed E-state index contributed by atoms with van der Waals surface area (Å²) >= 11 is 0. The maximum absolute atomic E-state index is 10.5. The molecule has 2 heteroatoms. The van der Waals surface area contributed by atoms with Gasteiger partial charge in [-0.15, -0.1) is 0 Å². The molecule has 1 heterocycles. The number of aldehydes is 1. The largest absolute Gasteiger partial charge is 0.303 e. The summed E-state index contributed by atoms with van der Waals surface area (Å²) in [4.78, 5) is 12.9. The highest BCUT2D eigenvalue weighted by Crippen LogP contribution is 2.14. The Morgan fingerprint density at radius 1 is 1.38 bits per heavy atom. The first kappa shape index (κ1) is 10.5. The third-order valence-corrected chi connectivity index (χ3v) is 2.58. The predicted molar refractivity (Wildman–Crippen MR) is 54.7 cm³/mol. The molecule has 0 aromatic carbocycles. The van der Waals surface area contributed by atoms with Crippen LogP contribution in [0.3, 0.4) is 0 Å². The molecule has 13 heavy (non-hydrogen) atoms. The Balaban J connectivity index is 2.25. The number of carbonyl (C=O) groups is 1. The number of likely N-dealkylation sites (tertiary alicyclic amines) is 1. The van der Waals surface area contributed by atoms with Crippen molar-refractivity contribution >= 4 is 6.29 Å². The zero-order valence-corrected chi connectivity index (χ0v) is 8.62. The Bertz CT molecular complexity index is 186. The second-order valence-electron chi connectivity index (χ2n) is 4.06. The fourth-order valence-corrected chi connectivity index (χ4v) is 1.58. The van der Waals surface area contributed by atoms with Crippen LogP contribution in [0.4, 0.5) is 0 Å². The molecule has 0 bridgehead atoms. The second kappa shape index (κ2) is 5.18. The average Bonchev–Trinajstić information content (AvgIpc) is 2.15. The number of rotatable bonds is 3. The Hall–Kier alpha value is -0.630. The number of allylic oxidation sites excluding steroid dienone is 1. The third-order valence-electron chi connectivity index (χ3n) is 2.58. The fourth-order valence-electron chi connectivity index (χ4n) is 1.58. The fraction of sp³-hybridized carbons (Fsp3) is 0.727. The van der Waals surface area contributed by atoms with Crippen LogP contribution in [-0.2, 0) is 4.79 Å². The Morgan fingerprint density at radius 2 is 2.00 bits per heavy atom. The number of carbonyl (C=O) groups excluding carboxylic acids is 1. The first-order valence-corrected chi connectivity index (χ1v) is 5.03. The van der Waals surface area contributed by atoms with Gasteiger partial charge in [0.25, 0.3) is 0 Å². The van der Waals surface area contributed by atoms with E-state index >= 15 is 0 Å². The van der Waals surface area contributed by atoms with Gasteiger partial charge >= 0.3 is 0 Å². The molecule has 0 spiro atoms. The van der Waals surface area contributed by atoms with Gasteiger partial charge in [0.05, 0.1) is 0 Å². The lowest BCUT2D eigenvalue weighted by molar-refractivity contribution is -0.112.